The number of anilines is 1. The van der Waals surface area contributed by atoms with Crippen LogP contribution in [0.15, 0.2) is 51.8 Å². The first-order valence-corrected chi connectivity index (χ1v) is 8.08. The third-order valence-corrected chi connectivity index (χ3v) is 4.88. The van der Waals surface area contributed by atoms with Crippen LogP contribution >= 0.6 is 27.5 Å². The molecule has 0 saturated carbocycles. The topological polar surface area (TPSA) is 46.2 Å². The molecule has 2 rings (SSSR count). The normalized spacial score (nSPS) is 11.3. The Kier molecular flexibility index (Phi) is 4.18. The average molecular weight is 361 g/mol. The van der Waals surface area contributed by atoms with Crippen molar-refractivity contribution in [2.45, 2.75) is 11.8 Å². The second-order valence-electron chi connectivity index (χ2n) is 4.02. The number of sulfonamides is 1. The highest BCUT2D eigenvalue weighted by molar-refractivity contribution is 9.10. The Labute approximate surface area is 125 Å². The van der Waals surface area contributed by atoms with Crippen LogP contribution in [0.1, 0.15) is 5.56 Å². The van der Waals surface area contributed by atoms with E-state index < -0.39 is 10.0 Å². The molecule has 0 fully saturated rings. The molecule has 0 aromatic heterocycles. The van der Waals surface area contributed by atoms with Gasteiger partial charge >= 0.3 is 0 Å². The molecule has 0 radical (unpaired) electrons. The summed E-state index contributed by atoms with van der Waals surface area (Å²) in [7, 11) is -3.57. The lowest BCUT2D eigenvalue weighted by atomic mass is 10.2. The molecule has 1 N–H and O–H groups in total. The first-order valence-electron chi connectivity index (χ1n) is 5.43. The van der Waals surface area contributed by atoms with E-state index in [0.29, 0.717) is 10.7 Å². The maximum absolute atomic E-state index is 12.1. The summed E-state index contributed by atoms with van der Waals surface area (Å²) in [5, 5.41) is 0.603. The van der Waals surface area contributed by atoms with E-state index in [-0.39, 0.29) is 4.90 Å². The predicted octanol–water partition coefficient (Wildman–Crippen LogP) is 4.21. The molecule has 0 unspecified atom stereocenters. The molecule has 0 aliphatic heterocycles. The number of halogens is 2. The smallest absolute Gasteiger partial charge is 0.261 e. The minimum absolute atomic E-state index is 0.211. The van der Waals surface area contributed by atoms with Gasteiger partial charge in [-0.25, -0.2) is 8.42 Å². The Morgan fingerprint density at radius 2 is 1.74 bits per heavy atom. The van der Waals surface area contributed by atoms with Gasteiger partial charge < -0.3 is 0 Å². The third-order valence-electron chi connectivity index (χ3n) is 2.53. The van der Waals surface area contributed by atoms with Crippen molar-refractivity contribution in [3.8, 4) is 0 Å². The van der Waals surface area contributed by atoms with Gasteiger partial charge in [0, 0.05) is 15.2 Å². The zero-order valence-electron chi connectivity index (χ0n) is 10.0. The van der Waals surface area contributed by atoms with Crippen molar-refractivity contribution in [2.24, 2.45) is 0 Å². The van der Waals surface area contributed by atoms with Crippen LogP contribution in [0.2, 0.25) is 5.02 Å². The van der Waals surface area contributed by atoms with E-state index in [9.17, 15) is 8.42 Å². The van der Waals surface area contributed by atoms with Crippen molar-refractivity contribution in [3.05, 3.63) is 57.5 Å². The van der Waals surface area contributed by atoms with Gasteiger partial charge in [0.2, 0.25) is 0 Å². The summed E-state index contributed by atoms with van der Waals surface area (Å²) in [5.41, 5.74) is 1.31. The molecule has 0 aliphatic rings. The zero-order valence-corrected chi connectivity index (χ0v) is 13.2. The largest absolute Gasteiger partial charge is 0.280 e. The summed E-state index contributed by atoms with van der Waals surface area (Å²) >= 11 is 9.17. The molecule has 3 nitrogen and oxygen atoms in total. The van der Waals surface area contributed by atoms with Crippen LogP contribution < -0.4 is 4.72 Å². The van der Waals surface area contributed by atoms with Gasteiger partial charge in [-0.3, -0.25) is 4.72 Å². The fraction of sp³-hybridized carbons (Fsp3) is 0.0769. The van der Waals surface area contributed by atoms with Crippen molar-refractivity contribution < 1.29 is 8.42 Å². The van der Waals surface area contributed by atoms with E-state index in [2.05, 4.69) is 20.7 Å². The van der Waals surface area contributed by atoms with Crippen LogP contribution in [0.25, 0.3) is 0 Å². The summed E-state index contributed by atoms with van der Waals surface area (Å²) in [6.07, 6.45) is 0. The number of rotatable bonds is 3. The lowest BCUT2D eigenvalue weighted by Gasteiger charge is -2.09. The Morgan fingerprint density at radius 3 is 2.32 bits per heavy atom. The van der Waals surface area contributed by atoms with Crippen molar-refractivity contribution in [2.75, 3.05) is 4.72 Å². The van der Waals surface area contributed by atoms with Crippen molar-refractivity contribution in [1.82, 2.24) is 0 Å². The van der Waals surface area contributed by atoms with E-state index in [1.165, 1.54) is 12.1 Å². The van der Waals surface area contributed by atoms with Crippen LogP contribution in [0.5, 0.6) is 0 Å². The van der Waals surface area contributed by atoms with Crippen LogP contribution in [0.3, 0.4) is 0 Å². The standard InChI is InChI=1S/C13H11BrClNO2S/c1-9-8-11(4-7-13(9)15)16-19(17,18)12-5-2-10(14)3-6-12/h2-8,16H,1H3. The second kappa shape index (κ2) is 5.53. The molecule has 0 heterocycles. The summed E-state index contributed by atoms with van der Waals surface area (Å²) in [4.78, 5) is 0.211. The Balaban J connectivity index is 2.30. The molecule has 19 heavy (non-hydrogen) atoms. The summed E-state index contributed by atoms with van der Waals surface area (Å²) in [6, 6.07) is 11.4. The van der Waals surface area contributed by atoms with Gasteiger partial charge in [-0.05, 0) is 55.0 Å². The molecule has 0 atom stereocenters. The van der Waals surface area contributed by atoms with Crippen molar-refractivity contribution in [3.63, 3.8) is 0 Å². The number of hydrogen-bond donors (Lipinski definition) is 1. The quantitative estimate of drug-likeness (QED) is 0.891. The zero-order chi connectivity index (χ0) is 14.0. The van der Waals surface area contributed by atoms with Gasteiger partial charge in [0.25, 0.3) is 10.0 Å². The molecule has 0 bridgehead atoms. The summed E-state index contributed by atoms with van der Waals surface area (Å²) in [5.74, 6) is 0. The minimum atomic E-state index is -3.57. The van der Waals surface area contributed by atoms with Gasteiger partial charge in [0.15, 0.2) is 0 Å². The molecule has 2 aromatic carbocycles. The predicted molar refractivity (Wildman–Crippen MR) is 81.1 cm³/mol. The van der Waals surface area contributed by atoms with Gasteiger partial charge in [-0.2, -0.15) is 0 Å². The fourth-order valence-electron chi connectivity index (χ4n) is 1.54. The summed E-state index contributed by atoms with van der Waals surface area (Å²) in [6.45, 7) is 1.82. The molecular weight excluding hydrogens is 350 g/mol. The maximum atomic E-state index is 12.1. The number of benzene rings is 2. The third kappa shape index (κ3) is 3.49. The van der Waals surface area contributed by atoms with Crippen LogP contribution in [-0.2, 0) is 10.0 Å². The van der Waals surface area contributed by atoms with Crippen molar-refractivity contribution >= 4 is 43.2 Å². The average Bonchev–Trinajstić information content (AvgIpc) is 2.34. The summed E-state index contributed by atoms with van der Waals surface area (Å²) < 4.78 is 27.6. The fourth-order valence-corrected chi connectivity index (χ4v) is 2.97. The molecule has 0 spiro atoms. The number of hydrogen-bond acceptors (Lipinski definition) is 2. The molecule has 100 valence electrons. The minimum Gasteiger partial charge on any atom is -0.280 e. The number of nitrogens with one attached hydrogen (secondary N) is 1. The molecule has 2 aromatic rings. The maximum Gasteiger partial charge on any atom is 0.261 e. The van der Waals surface area contributed by atoms with Crippen LogP contribution in [0, 0.1) is 6.92 Å². The van der Waals surface area contributed by atoms with Gasteiger partial charge in [0.1, 0.15) is 0 Å². The van der Waals surface area contributed by atoms with Gasteiger partial charge in [0.05, 0.1) is 4.90 Å². The monoisotopic (exact) mass is 359 g/mol. The van der Waals surface area contributed by atoms with E-state index in [1.54, 1.807) is 30.3 Å². The Morgan fingerprint density at radius 1 is 1.11 bits per heavy atom. The lowest BCUT2D eigenvalue weighted by Crippen LogP contribution is -2.12. The molecule has 0 amide bonds. The second-order valence-corrected chi connectivity index (χ2v) is 7.03. The van der Waals surface area contributed by atoms with E-state index in [0.717, 1.165) is 10.0 Å². The van der Waals surface area contributed by atoms with Gasteiger partial charge in [-0.1, -0.05) is 27.5 Å². The number of aryl methyl sites for hydroxylation is 1. The highest BCUT2D eigenvalue weighted by Gasteiger charge is 2.14. The molecule has 0 aliphatic carbocycles. The SMILES string of the molecule is Cc1cc(NS(=O)(=O)c2ccc(Br)cc2)ccc1Cl. The molecule has 6 heteroatoms. The molecule has 0 saturated heterocycles. The first-order chi connectivity index (χ1) is 8.88. The van der Waals surface area contributed by atoms with Gasteiger partial charge in [-0.15, -0.1) is 0 Å². The highest BCUT2D eigenvalue weighted by atomic mass is 79.9. The van der Waals surface area contributed by atoms with E-state index in [1.807, 2.05) is 6.92 Å². The first kappa shape index (κ1) is 14.4. The van der Waals surface area contributed by atoms with E-state index >= 15 is 0 Å². The van der Waals surface area contributed by atoms with Crippen LogP contribution in [0.4, 0.5) is 5.69 Å². The van der Waals surface area contributed by atoms with Crippen LogP contribution in [-0.4, -0.2) is 8.42 Å². The highest BCUT2D eigenvalue weighted by Crippen LogP contribution is 2.22. The Hall–Kier alpha value is -1.04. The Bertz CT molecular complexity index is 699. The molecular formula is C13H11BrClNO2S. The van der Waals surface area contributed by atoms with E-state index in [4.69, 9.17) is 11.6 Å². The van der Waals surface area contributed by atoms with Crippen molar-refractivity contribution in [1.29, 1.82) is 0 Å². The lowest BCUT2D eigenvalue weighted by molar-refractivity contribution is 0.601.